The molecule has 1 saturated heterocycles. The van der Waals surface area contributed by atoms with Crippen LogP contribution in [0.4, 0.5) is 20.5 Å². The van der Waals surface area contributed by atoms with Gasteiger partial charge in [-0.2, -0.15) is 4.98 Å². The first-order valence-electron chi connectivity index (χ1n) is 11.5. The van der Waals surface area contributed by atoms with Crippen molar-refractivity contribution in [3.8, 4) is 11.3 Å². The van der Waals surface area contributed by atoms with Crippen LogP contribution >= 0.6 is 0 Å². The lowest BCUT2D eigenvalue weighted by Gasteiger charge is -2.36. The average Bonchev–Trinajstić information content (AvgIpc) is 3.43. The smallest absolute Gasteiger partial charge is 0.256 e. The van der Waals surface area contributed by atoms with Crippen molar-refractivity contribution in [2.45, 2.75) is 39.3 Å². The first-order valence-corrected chi connectivity index (χ1v) is 11.5. The summed E-state index contributed by atoms with van der Waals surface area (Å²) in [6.45, 7) is 4.63. The molecule has 0 aliphatic carbocycles. The van der Waals surface area contributed by atoms with Crippen molar-refractivity contribution in [2.24, 2.45) is 5.92 Å². The quantitative estimate of drug-likeness (QED) is 0.434. The molecule has 1 aliphatic heterocycles. The summed E-state index contributed by atoms with van der Waals surface area (Å²) in [5.41, 5.74) is 3.07. The van der Waals surface area contributed by atoms with Crippen LogP contribution in [0, 0.1) is 5.92 Å². The van der Waals surface area contributed by atoms with E-state index >= 15 is 0 Å². The highest BCUT2D eigenvalue weighted by atomic mass is 19.3. The Morgan fingerprint density at radius 2 is 2.09 bits per heavy atom. The van der Waals surface area contributed by atoms with Gasteiger partial charge in [-0.25, -0.2) is 23.3 Å². The molecule has 1 aliphatic rings. The maximum atomic E-state index is 13.0. The standard InChI is InChI=1S/C23H27F2N9O/c1-13-10-32(14(2)35)8-7-16(13)29-23-30-21(26-3)20-15(6-9-34(20)31-23)17-4-5-18-22(28-17)33(12-27-18)11-19(24)25/h4-6,9,12-13,16,19H,7-8,10-11H2,1-3H3,(H2,26,29,30,31)/t13-,16+/m1/s1. The highest BCUT2D eigenvalue weighted by Gasteiger charge is 2.28. The third-order valence-corrected chi connectivity index (χ3v) is 6.49. The predicted molar refractivity (Wildman–Crippen MR) is 129 cm³/mol. The Morgan fingerprint density at radius 3 is 2.80 bits per heavy atom. The number of carbonyl (C=O) groups excluding carboxylic acids is 1. The minimum atomic E-state index is -2.50. The maximum Gasteiger partial charge on any atom is 0.256 e. The molecule has 4 aromatic rings. The van der Waals surface area contributed by atoms with E-state index < -0.39 is 13.0 Å². The lowest BCUT2D eigenvalue weighted by molar-refractivity contribution is -0.130. The fourth-order valence-corrected chi connectivity index (χ4v) is 4.65. The number of piperidine rings is 1. The van der Waals surface area contributed by atoms with Crippen molar-refractivity contribution >= 4 is 34.4 Å². The average molecular weight is 484 g/mol. The highest BCUT2D eigenvalue weighted by Crippen LogP contribution is 2.30. The predicted octanol–water partition coefficient (Wildman–Crippen LogP) is 3.12. The van der Waals surface area contributed by atoms with Gasteiger partial charge in [0.15, 0.2) is 11.5 Å². The summed E-state index contributed by atoms with van der Waals surface area (Å²) >= 11 is 0. The third-order valence-electron chi connectivity index (χ3n) is 6.49. The van der Waals surface area contributed by atoms with Gasteiger partial charge in [0.05, 0.1) is 18.6 Å². The molecule has 35 heavy (non-hydrogen) atoms. The van der Waals surface area contributed by atoms with E-state index in [4.69, 9.17) is 4.98 Å². The second kappa shape index (κ2) is 9.08. The molecular weight excluding hydrogens is 456 g/mol. The largest absolute Gasteiger partial charge is 0.371 e. The maximum absolute atomic E-state index is 13.0. The van der Waals surface area contributed by atoms with E-state index in [0.29, 0.717) is 41.7 Å². The lowest BCUT2D eigenvalue weighted by Crippen LogP contribution is -2.47. The Bertz CT molecular complexity index is 1380. The third kappa shape index (κ3) is 4.35. The fraction of sp³-hybridized carbons (Fsp3) is 0.435. The normalized spacial score (nSPS) is 18.5. The zero-order valence-electron chi connectivity index (χ0n) is 19.7. The Hall–Kier alpha value is -3.83. The monoisotopic (exact) mass is 483 g/mol. The molecule has 0 aromatic carbocycles. The Kier molecular flexibility index (Phi) is 5.95. The van der Waals surface area contributed by atoms with E-state index in [-0.39, 0.29) is 17.9 Å². The molecule has 2 N–H and O–H groups in total. The van der Waals surface area contributed by atoms with E-state index in [1.165, 1.54) is 10.9 Å². The molecule has 0 spiro atoms. The second-order valence-electron chi connectivity index (χ2n) is 8.87. The van der Waals surface area contributed by atoms with E-state index in [9.17, 15) is 13.6 Å². The van der Waals surface area contributed by atoms with Crippen molar-refractivity contribution < 1.29 is 13.6 Å². The Labute approximate surface area is 200 Å². The molecule has 0 unspecified atom stereocenters. The fourth-order valence-electron chi connectivity index (χ4n) is 4.65. The van der Waals surface area contributed by atoms with Gasteiger partial charge < -0.3 is 20.1 Å². The van der Waals surface area contributed by atoms with Gasteiger partial charge in [0.25, 0.3) is 6.43 Å². The van der Waals surface area contributed by atoms with E-state index in [2.05, 4.69) is 32.6 Å². The number of carbonyl (C=O) groups is 1. The van der Waals surface area contributed by atoms with Crippen molar-refractivity contribution in [1.82, 2.24) is 34.0 Å². The van der Waals surface area contributed by atoms with Gasteiger partial charge in [0.1, 0.15) is 11.0 Å². The number of nitrogens with zero attached hydrogens (tertiary/aromatic N) is 7. The number of nitrogens with one attached hydrogen (secondary N) is 2. The zero-order chi connectivity index (χ0) is 24.7. The summed E-state index contributed by atoms with van der Waals surface area (Å²) in [4.78, 5) is 27.1. The summed E-state index contributed by atoms with van der Waals surface area (Å²) in [6.07, 6.45) is 1.51. The number of likely N-dealkylation sites (tertiary alicyclic amines) is 1. The van der Waals surface area contributed by atoms with Gasteiger partial charge in [0, 0.05) is 44.9 Å². The number of pyridine rings is 1. The highest BCUT2D eigenvalue weighted by molar-refractivity contribution is 5.89. The van der Waals surface area contributed by atoms with Crippen LogP contribution in [0.1, 0.15) is 20.3 Å². The number of hydrogen-bond donors (Lipinski definition) is 2. The number of alkyl halides is 2. The minimum absolute atomic E-state index is 0.0920. The van der Waals surface area contributed by atoms with Crippen LogP contribution in [0.3, 0.4) is 0 Å². The number of amides is 1. The van der Waals surface area contributed by atoms with Crippen molar-refractivity contribution in [2.75, 3.05) is 30.8 Å². The van der Waals surface area contributed by atoms with Crippen LogP contribution < -0.4 is 10.6 Å². The number of rotatable bonds is 6. The Balaban J connectivity index is 1.47. The number of fused-ring (bicyclic) bond motifs is 2. The van der Waals surface area contributed by atoms with Gasteiger partial charge in [-0.3, -0.25) is 4.79 Å². The molecule has 184 valence electrons. The minimum Gasteiger partial charge on any atom is -0.371 e. The molecule has 5 rings (SSSR count). The molecule has 4 aromatic heterocycles. The molecule has 5 heterocycles. The molecular formula is C23H27F2N9O. The number of aromatic nitrogens is 6. The number of anilines is 2. The van der Waals surface area contributed by atoms with Crippen LogP contribution in [0.5, 0.6) is 0 Å². The van der Waals surface area contributed by atoms with Crippen LogP contribution in [0.25, 0.3) is 27.9 Å². The van der Waals surface area contributed by atoms with Gasteiger partial charge in [0.2, 0.25) is 11.9 Å². The van der Waals surface area contributed by atoms with Crippen LogP contribution in [-0.4, -0.2) is 72.5 Å². The van der Waals surface area contributed by atoms with E-state index in [1.54, 1.807) is 24.6 Å². The van der Waals surface area contributed by atoms with Crippen LogP contribution in [0.15, 0.2) is 30.7 Å². The summed E-state index contributed by atoms with van der Waals surface area (Å²) in [6, 6.07) is 5.60. The number of hydrogen-bond acceptors (Lipinski definition) is 7. The van der Waals surface area contributed by atoms with Crippen molar-refractivity contribution in [3.05, 3.63) is 30.7 Å². The van der Waals surface area contributed by atoms with Crippen molar-refractivity contribution in [3.63, 3.8) is 0 Å². The molecule has 0 bridgehead atoms. The summed E-state index contributed by atoms with van der Waals surface area (Å²) in [5.74, 6) is 1.43. The summed E-state index contributed by atoms with van der Waals surface area (Å²) in [7, 11) is 1.78. The van der Waals surface area contributed by atoms with Crippen molar-refractivity contribution in [1.29, 1.82) is 0 Å². The van der Waals surface area contributed by atoms with Crippen LogP contribution in [-0.2, 0) is 11.3 Å². The first kappa shape index (κ1) is 22.9. The first-order chi connectivity index (χ1) is 16.8. The SMILES string of the molecule is CNc1nc(N[C@H]2CCN(C(C)=O)C[C@H]2C)nn2ccc(-c3ccc4ncn(CC(F)F)c4n3)c12. The zero-order valence-corrected chi connectivity index (χ0v) is 19.7. The van der Waals surface area contributed by atoms with Gasteiger partial charge >= 0.3 is 0 Å². The molecule has 1 amide bonds. The summed E-state index contributed by atoms with van der Waals surface area (Å²) < 4.78 is 29.0. The number of imidazole rings is 1. The van der Waals surface area contributed by atoms with E-state index in [0.717, 1.165) is 17.5 Å². The van der Waals surface area contributed by atoms with Gasteiger partial charge in [-0.15, -0.1) is 5.10 Å². The second-order valence-corrected chi connectivity index (χ2v) is 8.87. The molecule has 2 atom stereocenters. The topological polar surface area (TPSA) is 105 Å². The molecule has 1 fully saturated rings. The molecule has 0 radical (unpaired) electrons. The Morgan fingerprint density at radius 1 is 1.26 bits per heavy atom. The van der Waals surface area contributed by atoms with Gasteiger partial charge in [-0.05, 0) is 30.5 Å². The molecule has 0 saturated carbocycles. The van der Waals surface area contributed by atoms with Gasteiger partial charge in [-0.1, -0.05) is 6.92 Å². The lowest BCUT2D eigenvalue weighted by atomic mass is 9.94. The molecule has 10 nitrogen and oxygen atoms in total. The summed E-state index contributed by atoms with van der Waals surface area (Å²) in [5, 5.41) is 11.2. The van der Waals surface area contributed by atoms with E-state index in [1.807, 2.05) is 23.2 Å². The molecule has 12 heteroatoms. The number of halogens is 2. The van der Waals surface area contributed by atoms with Crippen LogP contribution in [0.2, 0.25) is 0 Å².